The summed E-state index contributed by atoms with van der Waals surface area (Å²) in [5.74, 6) is -0.715. The summed E-state index contributed by atoms with van der Waals surface area (Å²) in [5, 5.41) is 9.01. The summed E-state index contributed by atoms with van der Waals surface area (Å²) in [6.07, 6.45) is 6.28. The van der Waals surface area contributed by atoms with E-state index in [4.69, 9.17) is 5.11 Å². The summed E-state index contributed by atoms with van der Waals surface area (Å²) in [4.78, 5) is 10.9. The van der Waals surface area contributed by atoms with Crippen LogP contribution in [0.1, 0.15) is 66.7 Å². The van der Waals surface area contributed by atoms with Gasteiger partial charge in [-0.3, -0.25) is 0 Å². The number of hydrogen-bond acceptors (Lipinski definition) is 1. The van der Waals surface area contributed by atoms with E-state index in [2.05, 4.69) is 34.6 Å². The molecule has 0 bridgehead atoms. The van der Waals surface area contributed by atoms with Crippen molar-refractivity contribution in [1.29, 1.82) is 0 Å². The standard InChI is InChI=1S/C17H35NO2/c1-8-9-10-11-16(2,3)13-17(4,5)14-18(6,7)12-15(19)20/h8-14H2,1-7H3/p+1. The minimum atomic E-state index is -0.715. The highest BCUT2D eigenvalue weighted by Crippen LogP contribution is 2.38. The zero-order valence-electron chi connectivity index (χ0n) is 14.8. The quantitative estimate of drug-likeness (QED) is 0.483. The summed E-state index contributed by atoms with van der Waals surface area (Å²) in [7, 11) is 4.03. The molecule has 0 fully saturated rings. The second-order valence-corrected chi connectivity index (χ2v) is 8.61. The molecule has 0 radical (unpaired) electrons. The van der Waals surface area contributed by atoms with Gasteiger partial charge in [0.05, 0.1) is 20.6 Å². The van der Waals surface area contributed by atoms with Gasteiger partial charge in [0.25, 0.3) is 0 Å². The molecule has 0 heterocycles. The molecule has 0 aromatic heterocycles. The Balaban J connectivity index is 4.52. The van der Waals surface area contributed by atoms with Gasteiger partial charge in [0, 0.05) is 5.41 Å². The molecule has 3 nitrogen and oxygen atoms in total. The van der Waals surface area contributed by atoms with Crippen molar-refractivity contribution in [2.75, 3.05) is 27.2 Å². The summed E-state index contributed by atoms with van der Waals surface area (Å²) in [6, 6.07) is 0. The van der Waals surface area contributed by atoms with E-state index in [-0.39, 0.29) is 12.0 Å². The van der Waals surface area contributed by atoms with E-state index in [1.807, 2.05) is 14.1 Å². The number of likely N-dealkylation sites (N-methyl/N-ethyl adjacent to an activating group) is 1. The van der Waals surface area contributed by atoms with Crippen LogP contribution in [0, 0.1) is 10.8 Å². The lowest BCUT2D eigenvalue weighted by atomic mass is 9.72. The van der Waals surface area contributed by atoms with Gasteiger partial charge in [0.15, 0.2) is 6.54 Å². The van der Waals surface area contributed by atoms with Crippen LogP contribution in [0.2, 0.25) is 0 Å². The van der Waals surface area contributed by atoms with Gasteiger partial charge in [0.1, 0.15) is 0 Å². The van der Waals surface area contributed by atoms with Crippen LogP contribution in [0.15, 0.2) is 0 Å². The van der Waals surface area contributed by atoms with Crippen molar-refractivity contribution in [3.8, 4) is 0 Å². The number of aliphatic carboxylic acids is 1. The molecule has 3 heteroatoms. The largest absolute Gasteiger partial charge is 0.477 e. The van der Waals surface area contributed by atoms with Crippen LogP contribution < -0.4 is 0 Å². The minimum absolute atomic E-state index is 0.161. The van der Waals surface area contributed by atoms with E-state index in [0.717, 1.165) is 13.0 Å². The normalized spacial score (nSPS) is 13.6. The number of rotatable bonds is 10. The van der Waals surface area contributed by atoms with Gasteiger partial charge in [0.2, 0.25) is 0 Å². The molecule has 0 aliphatic rings. The lowest BCUT2D eigenvalue weighted by Gasteiger charge is -2.40. The zero-order chi connectivity index (χ0) is 16.0. The van der Waals surface area contributed by atoms with E-state index in [1.165, 1.54) is 25.7 Å². The fourth-order valence-electron chi connectivity index (χ4n) is 3.87. The van der Waals surface area contributed by atoms with Gasteiger partial charge in [-0.05, 0) is 18.3 Å². The maximum atomic E-state index is 10.9. The molecule has 120 valence electrons. The van der Waals surface area contributed by atoms with Crippen LogP contribution in [0.5, 0.6) is 0 Å². The van der Waals surface area contributed by atoms with Crippen LogP contribution in [0.3, 0.4) is 0 Å². The molecule has 0 aliphatic heterocycles. The monoisotopic (exact) mass is 286 g/mol. The van der Waals surface area contributed by atoms with E-state index in [9.17, 15) is 4.79 Å². The molecule has 0 aromatic rings. The molecule has 0 atom stereocenters. The Morgan fingerprint density at radius 2 is 1.60 bits per heavy atom. The Kier molecular flexibility index (Phi) is 7.23. The van der Waals surface area contributed by atoms with Gasteiger partial charge < -0.3 is 9.59 Å². The van der Waals surface area contributed by atoms with Crippen molar-refractivity contribution >= 4 is 5.97 Å². The number of unbranched alkanes of at least 4 members (excludes halogenated alkanes) is 2. The highest BCUT2D eigenvalue weighted by atomic mass is 16.4. The molecule has 20 heavy (non-hydrogen) atoms. The van der Waals surface area contributed by atoms with Crippen molar-refractivity contribution in [3.05, 3.63) is 0 Å². The lowest BCUT2D eigenvalue weighted by Crippen LogP contribution is -2.50. The van der Waals surface area contributed by atoms with Gasteiger partial charge in [-0.25, -0.2) is 4.79 Å². The Labute approximate surface area is 126 Å². The topological polar surface area (TPSA) is 37.3 Å². The summed E-state index contributed by atoms with van der Waals surface area (Å²) >= 11 is 0. The Morgan fingerprint density at radius 1 is 1.05 bits per heavy atom. The molecule has 0 spiro atoms. The van der Waals surface area contributed by atoms with Crippen molar-refractivity contribution in [2.45, 2.75) is 66.7 Å². The molecular weight excluding hydrogens is 250 g/mol. The predicted molar refractivity (Wildman–Crippen MR) is 85.8 cm³/mol. The first kappa shape index (κ1) is 19.4. The smallest absolute Gasteiger partial charge is 0.359 e. The molecule has 0 saturated heterocycles. The third-order valence-corrected chi connectivity index (χ3v) is 3.83. The first-order chi connectivity index (χ1) is 8.89. The molecule has 1 N–H and O–H groups in total. The van der Waals surface area contributed by atoms with Crippen molar-refractivity contribution in [3.63, 3.8) is 0 Å². The van der Waals surface area contributed by atoms with Crippen molar-refractivity contribution in [2.24, 2.45) is 10.8 Å². The third-order valence-electron chi connectivity index (χ3n) is 3.83. The summed E-state index contributed by atoms with van der Waals surface area (Å²) in [6.45, 7) is 12.6. The Bertz CT molecular complexity index is 306. The van der Waals surface area contributed by atoms with Crippen LogP contribution >= 0.6 is 0 Å². The van der Waals surface area contributed by atoms with E-state index in [0.29, 0.717) is 9.90 Å². The maximum absolute atomic E-state index is 10.9. The lowest BCUT2D eigenvalue weighted by molar-refractivity contribution is -0.889. The Hall–Kier alpha value is -0.570. The van der Waals surface area contributed by atoms with Gasteiger partial charge in [-0.2, -0.15) is 0 Å². The number of carboxylic acid groups (broad SMARTS) is 1. The van der Waals surface area contributed by atoms with Crippen LogP contribution in [-0.4, -0.2) is 42.7 Å². The third kappa shape index (κ3) is 9.35. The van der Waals surface area contributed by atoms with Crippen LogP contribution in [0.4, 0.5) is 0 Å². The fraction of sp³-hybridized carbons (Fsp3) is 0.941. The zero-order valence-corrected chi connectivity index (χ0v) is 14.8. The number of quaternary nitrogens is 1. The molecular formula is C17H36NO2+. The van der Waals surface area contributed by atoms with Gasteiger partial charge in [-0.1, -0.05) is 53.9 Å². The number of nitrogens with zero attached hydrogens (tertiary/aromatic N) is 1. The highest BCUT2D eigenvalue weighted by Gasteiger charge is 2.35. The molecule has 0 rings (SSSR count). The molecule has 0 saturated carbocycles. The van der Waals surface area contributed by atoms with Crippen LogP contribution in [0.25, 0.3) is 0 Å². The Morgan fingerprint density at radius 3 is 2.05 bits per heavy atom. The van der Waals surface area contributed by atoms with Gasteiger partial charge >= 0.3 is 5.97 Å². The van der Waals surface area contributed by atoms with Crippen LogP contribution in [-0.2, 0) is 4.79 Å². The first-order valence-corrected chi connectivity index (χ1v) is 7.93. The number of hydrogen-bond donors (Lipinski definition) is 1. The predicted octanol–water partition coefficient (Wildman–Crippen LogP) is 4.17. The highest BCUT2D eigenvalue weighted by molar-refractivity contribution is 5.67. The fourth-order valence-corrected chi connectivity index (χ4v) is 3.87. The molecule has 0 unspecified atom stereocenters. The molecule has 0 aliphatic carbocycles. The van der Waals surface area contributed by atoms with E-state index < -0.39 is 5.97 Å². The number of carboxylic acids is 1. The summed E-state index contributed by atoms with van der Waals surface area (Å²) < 4.78 is 0.549. The molecule has 0 aromatic carbocycles. The summed E-state index contributed by atoms with van der Waals surface area (Å²) in [5.41, 5.74) is 0.497. The second-order valence-electron chi connectivity index (χ2n) is 8.61. The molecule has 0 amide bonds. The van der Waals surface area contributed by atoms with Gasteiger partial charge in [-0.15, -0.1) is 0 Å². The second kappa shape index (κ2) is 7.44. The maximum Gasteiger partial charge on any atom is 0.359 e. The SMILES string of the molecule is CCCCCC(C)(C)CC(C)(C)C[N+](C)(C)CC(=O)O. The van der Waals surface area contributed by atoms with Crippen molar-refractivity contribution < 1.29 is 14.4 Å². The first-order valence-electron chi connectivity index (χ1n) is 7.93. The number of carbonyl (C=O) groups is 1. The van der Waals surface area contributed by atoms with E-state index in [1.54, 1.807) is 0 Å². The van der Waals surface area contributed by atoms with Crippen molar-refractivity contribution in [1.82, 2.24) is 0 Å². The average Bonchev–Trinajstić information content (AvgIpc) is 2.10. The average molecular weight is 286 g/mol. The van der Waals surface area contributed by atoms with E-state index >= 15 is 0 Å². The minimum Gasteiger partial charge on any atom is -0.477 e.